The Kier molecular flexibility index (Phi) is 4.41. The highest BCUT2D eigenvalue weighted by atomic mass is 19.1. The van der Waals surface area contributed by atoms with E-state index in [4.69, 9.17) is 4.74 Å². The Morgan fingerprint density at radius 3 is 2.48 bits per heavy atom. The third-order valence-electron chi connectivity index (χ3n) is 3.42. The van der Waals surface area contributed by atoms with Crippen LogP contribution in [0.1, 0.15) is 48.2 Å². The molecule has 0 aliphatic carbocycles. The molecule has 0 saturated heterocycles. The molecule has 2 rings (SSSR count). The summed E-state index contributed by atoms with van der Waals surface area (Å²) in [5, 5.41) is 0. The number of Topliss-reactive ketones (excluding diaryl/α,β-unsaturated/α-hetero) is 1. The molecule has 2 aromatic rings. The Morgan fingerprint density at radius 1 is 1.19 bits per heavy atom. The van der Waals surface area contributed by atoms with Crippen LogP contribution in [0.3, 0.4) is 0 Å². The molecule has 0 amide bonds. The van der Waals surface area contributed by atoms with Gasteiger partial charge in [-0.1, -0.05) is 26.0 Å². The van der Waals surface area contributed by atoms with Crippen LogP contribution in [-0.4, -0.2) is 5.78 Å². The van der Waals surface area contributed by atoms with Gasteiger partial charge >= 0.3 is 0 Å². The molecule has 0 N–H and O–H groups in total. The van der Waals surface area contributed by atoms with Crippen LogP contribution in [0.4, 0.5) is 4.39 Å². The summed E-state index contributed by atoms with van der Waals surface area (Å²) in [6, 6.07) is 10.2. The first-order chi connectivity index (χ1) is 9.90. The standard InChI is InChI=1S/C18H19FO2/c1-11(2)15-9-8-14(10-12(15)3)21-17-7-5-6-16(19)18(17)13(4)20/h5-11H,1-4H3. The number of benzene rings is 2. The monoisotopic (exact) mass is 286 g/mol. The maximum Gasteiger partial charge on any atom is 0.166 e. The lowest BCUT2D eigenvalue weighted by molar-refractivity contribution is 0.101. The van der Waals surface area contributed by atoms with E-state index in [1.807, 2.05) is 25.1 Å². The summed E-state index contributed by atoms with van der Waals surface area (Å²) < 4.78 is 19.5. The van der Waals surface area contributed by atoms with Crippen molar-refractivity contribution in [1.82, 2.24) is 0 Å². The fourth-order valence-electron chi connectivity index (χ4n) is 2.42. The lowest BCUT2D eigenvalue weighted by Gasteiger charge is -2.14. The third kappa shape index (κ3) is 3.30. The van der Waals surface area contributed by atoms with Gasteiger partial charge in [-0.15, -0.1) is 0 Å². The Balaban J connectivity index is 2.37. The Morgan fingerprint density at radius 2 is 1.90 bits per heavy atom. The molecule has 0 saturated carbocycles. The molecular formula is C18H19FO2. The minimum atomic E-state index is -0.560. The molecular weight excluding hydrogens is 267 g/mol. The average Bonchev–Trinajstić information content (AvgIpc) is 2.37. The van der Waals surface area contributed by atoms with Gasteiger partial charge in [-0.3, -0.25) is 4.79 Å². The van der Waals surface area contributed by atoms with Gasteiger partial charge in [0.05, 0.1) is 5.56 Å². The van der Waals surface area contributed by atoms with Gasteiger partial charge in [-0.25, -0.2) is 4.39 Å². The number of hydrogen-bond donors (Lipinski definition) is 0. The summed E-state index contributed by atoms with van der Waals surface area (Å²) in [4.78, 5) is 11.6. The first kappa shape index (κ1) is 15.2. The van der Waals surface area contributed by atoms with E-state index in [2.05, 4.69) is 13.8 Å². The van der Waals surface area contributed by atoms with Crippen LogP contribution in [0.5, 0.6) is 11.5 Å². The van der Waals surface area contributed by atoms with Crippen molar-refractivity contribution in [3.05, 3.63) is 58.9 Å². The third-order valence-corrected chi connectivity index (χ3v) is 3.42. The van der Waals surface area contributed by atoms with Gasteiger partial charge in [0.1, 0.15) is 17.3 Å². The average molecular weight is 286 g/mol. The molecule has 0 atom stereocenters. The van der Waals surface area contributed by atoms with Crippen LogP contribution in [0.25, 0.3) is 0 Å². The lowest BCUT2D eigenvalue weighted by atomic mass is 9.98. The minimum absolute atomic E-state index is 0.0110. The van der Waals surface area contributed by atoms with Crippen LogP contribution in [0.15, 0.2) is 36.4 Å². The zero-order valence-electron chi connectivity index (χ0n) is 12.7. The summed E-state index contributed by atoms with van der Waals surface area (Å²) in [5.41, 5.74) is 2.35. The van der Waals surface area contributed by atoms with E-state index in [-0.39, 0.29) is 17.1 Å². The summed E-state index contributed by atoms with van der Waals surface area (Å²) in [7, 11) is 0. The van der Waals surface area contributed by atoms with Crippen molar-refractivity contribution in [3.63, 3.8) is 0 Å². The van der Waals surface area contributed by atoms with Gasteiger partial charge in [0.15, 0.2) is 5.78 Å². The number of carbonyl (C=O) groups excluding carboxylic acids is 1. The van der Waals surface area contributed by atoms with Crippen molar-refractivity contribution in [2.75, 3.05) is 0 Å². The predicted octanol–water partition coefficient (Wildman–Crippen LogP) is 5.25. The van der Waals surface area contributed by atoms with Crippen molar-refractivity contribution < 1.29 is 13.9 Å². The van der Waals surface area contributed by atoms with Gasteiger partial charge in [-0.2, -0.15) is 0 Å². The highest BCUT2D eigenvalue weighted by Crippen LogP contribution is 2.30. The molecule has 0 unspecified atom stereocenters. The fourth-order valence-corrected chi connectivity index (χ4v) is 2.42. The second-order valence-corrected chi connectivity index (χ2v) is 5.44. The van der Waals surface area contributed by atoms with E-state index in [0.717, 1.165) is 5.56 Å². The van der Waals surface area contributed by atoms with Crippen molar-refractivity contribution in [2.24, 2.45) is 0 Å². The van der Waals surface area contributed by atoms with Crippen LogP contribution < -0.4 is 4.74 Å². The summed E-state index contributed by atoms with van der Waals surface area (Å²) >= 11 is 0. The zero-order valence-corrected chi connectivity index (χ0v) is 12.7. The topological polar surface area (TPSA) is 26.3 Å². The smallest absolute Gasteiger partial charge is 0.166 e. The quantitative estimate of drug-likeness (QED) is 0.717. The Hall–Kier alpha value is -2.16. The zero-order chi connectivity index (χ0) is 15.6. The van der Waals surface area contributed by atoms with E-state index in [1.165, 1.54) is 24.6 Å². The lowest BCUT2D eigenvalue weighted by Crippen LogP contribution is -2.01. The number of ether oxygens (including phenoxy) is 1. The highest BCUT2D eigenvalue weighted by molar-refractivity contribution is 5.97. The van der Waals surface area contributed by atoms with E-state index in [9.17, 15) is 9.18 Å². The number of ketones is 1. The van der Waals surface area contributed by atoms with Gasteiger partial charge < -0.3 is 4.74 Å². The van der Waals surface area contributed by atoms with E-state index >= 15 is 0 Å². The van der Waals surface area contributed by atoms with E-state index in [0.29, 0.717) is 11.7 Å². The van der Waals surface area contributed by atoms with Crippen LogP contribution in [0.2, 0.25) is 0 Å². The van der Waals surface area contributed by atoms with Gasteiger partial charge in [0.25, 0.3) is 0 Å². The molecule has 2 nitrogen and oxygen atoms in total. The van der Waals surface area contributed by atoms with Gasteiger partial charge in [0.2, 0.25) is 0 Å². The van der Waals surface area contributed by atoms with Gasteiger partial charge in [0, 0.05) is 0 Å². The van der Waals surface area contributed by atoms with Crippen LogP contribution >= 0.6 is 0 Å². The molecule has 0 aliphatic rings. The Bertz CT molecular complexity index is 675. The molecule has 21 heavy (non-hydrogen) atoms. The highest BCUT2D eigenvalue weighted by Gasteiger charge is 2.15. The number of hydrogen-bond acceptors (Lipinski definition) is 2. The molecule has 110 valence electrons. The second kappa shape index (κ2) is 6.08. The molecule has 0 radical (unpaired) electrons. The minimum Gasteiger partial charge on any atom is -0.456 e. The largest absolute Gasteiger partial charge is 0.456 e. The molecule has 0 aromatic heterocycles. The van der Waals surface area contributed by atoms with E-state index < -0.39 is 5.82 Å². The number of aryl methyl sites for hydroxylation is 1. The number of halogens is 1. The summed E-state index contributed by atoms with van der Waals surface area (Å²) in [5.74, 6) is 0.374. The normalized spacial score (nSPS) is 10.8. The predicted molar refractivity (Wildman–Crippen MR) is 81.7 cm³/mol. The number of rotatable bonds is 4. The molecule has 0 fully saturated rings. The SMILES string of the molecule is CC(=O)c1c(F)cccc1Oc1ccc(C(C)C)c(C)c1. The first-order valence-electron chi connectivity index (χ1n) is 6.98. The maximum absolute atomic E-state index is 13.8. The maximum atomic E-state index is 13.8. The second-order valence-electron chi connectivity index (χ2n) is 5.44. The fraction of sp³-hybridized carbons (Fsp3) is 0.278. The van der Waals surface area contributed by atoms with Crippen molar-refractivity contribution in [3.8, 4) is 11.5 Å². The molecule has 3 heteroatoms. The molecule has 0 spiro atoms. The summed E-state index contributed by atoms with van der Waals surface area (Å²) in [6.07, 6.45) is 0. The molecule has 0 bridgehead atoms. The summed E-state index contributed by atoms with van der Waals surface area (Å²) in [6.45, 7) is 7.60. The number of carbonyl (C=O) groups is 1. The Labute approximate surface area is 124 Å². The molecule has 0 aliphatic heterocycles. The van der Waals surface area contributed by atoms with Gasteiger partial charge in [-0.05, 0) is 55.2 Å². The van der Waals surface area contributed by atoms with Crippen molar-refractivity contribution >= 4 is 5.78 Å². The van der Waals surface area contributed by atoms with Crippen LogP contribution in [0, 0.1) is 12.7 Å². The van der Waals surface area contributed by atoms with E-state index in [1.54, 1.807) is 6.07 Å². The van der Waals surface area contributed by atoms with Crippen molar-refractivity contribution in [2.45, 2.75) is 33.6 Å². The van der Waals surface area contributed by atoms with Crippen LogP contribution in [-0.2, 0) is 0 Å². The molecule has 0 heterocycles. The van der Waals surface area contributed by atoms with Crippen molar-refractivity contribution in [1.29, 1.82) is 0 Å². The first-order valence-corrected chi connectivity index (χ1v) is 6.98. The molecule has 2 aromatic carbocycles.